The van der Waals surface area contributed by atoms with Gasteiger partial charge >= 0.3 is 0 Å². The number of hydrogen-bond acceptors (Lipinski definition) is 4. The van der Waals surface area contributed by atoms with Gasteiger partial charge in [0.15, 0.2) is 0 Å². The molecule has 5 nitrogen and oxygen atoms in total. The van der Waals surface area contributed by atoms with Crippen LogP contribution in [-0.2, 0) is 9.63 Å². The Morgan fingerprint density at radius 1 is 1.21 bits per heavy atom. The minimum atomic E-state index is -0.753. The molecule has 24 heavy (non-hydrogen) atoms. The van der Waals surface area contributed by atoms with Crippen molar-refractivity contribution < 1.29 is 14.4 Å². The standard InChI is InChI=1S/C17H14Cl2N2O3/c1-23-14-8-3-2-5-10(14)13-9-15(24-21-13)17(22)20-16-11(18)6-4-7-12(16)19/h2-8,15H,9H2,1H3,(H,20,22)/t15-/m1/s1. The summed E-state index contributed by atoms with van der Waals surface area (Å²) in [6.45, 7) is 0. The lowest BCUT2D eigenvalue weighted by atomic mass is 10.0. The minimum Gasteiger partial charge on any atom is -0.496 e. The van der Waals surface area contributed by atoms with Crippen molar-refractivity contribution in [1.29, 1.82) is 0 Å². The van der Waals surface area contributed by atoms with E-state index in [0.717, 1.165) is 5.56 Å². The Morgan fingerprint density at radius 3 is 2.62 bits per heavy atom. The smallest absolute Gasteiger partial charge is 0.268 e. The molecule has 7 heteroatoms. The highest BCUT2D eigenvalue weighted by Crippen LogP contribution is 2.31. The average Bonchev–Trinajstić information content (AvgIpc) is 3.08. The Morgan fingerprint density at radius 2 is 1.92 bits per heavy atom. The number of benzene rings is 2. The number of hydrogen-bond donors (Lipinski definition) is 1. The number of carbonyl (C=O) groups excluding carboxylic acids is 1. The molecule has 1 aliphatic rings. The summed E-state index contributed by atoms with van der Waals surface area (Å²) >= 11 is 12.1. The Balaban J connectivity index is 1.72. The number of nitrogens with zero attached hydrogens (tertiary/aromatic N) is 1. The summed E-state index contributed by atoms with van der Waals surface area (Å²) in [4.78, 5) is 17.7. The van der Waals surface area contributed by atoms with Crippen LogP contribution in [0.4, 0.5) is 5.69 Å². The predicted octanol–water partition coefficient (Wildman–Crippen LogP) is 4.13. The lowest BCUT2D eigenvalue weighted by molar-refractivity contribution is -0.125. The third-order valence-corrected chi connectivity index (χ3v) is 4.22. The number of ether oxygens (including phenoxy) is 1. The first kappa shape index (κ1) is 16.6. The number of rotatable bonds is 4. The van der Waals surface area contributed by atoms with E-state index in [4.69, 9.17) is 32.8 Å². The Kier molecular flexibility index (Phi) is 4.92. The molecule has 1 atom stereocenters. The third-order valence-electron chi connectivity index (χ3n) is 3.59. The first-order valence-electron chi connectivity index (χ1n) is 7.21. The van der Waals surface area contributed by atoms with Gasteiger partial charge in [-0.25, -0.2) is 0 Å². The van der Waals surface area contributed by atoms with Crippen LogP contribution in [0.2, 0.25) is 10.0 Å². The fourth-order valence-electron chi connectivity index (χ4n) is 2.38. The van der Waals surface area contributed by atoms with Gasteiger partial charge in [0.2, 0.25) is 6.10 Å². The number of oxime groups is 1. The molecule has 0 aromatic heterocycles. The first-order valence-corrected chi connectivity index (χ1v) is 7.96. The van der Waals surface area contributed by atoms with Crippen molar-refractivity contribution in [3.63, 3.8) is 0 Å². The molecule has 2 aromatic carbocycles. The second-order valence-corrected chi connectivity index (χ2v) is 5.94. The van der Waals surface area contributed by atoms with Crippen LogP contribution in [0, 0.1) is 0 Å². The average molecular weight is 365 g/mol. The topological polar surface area (TPSA) is 59.9 Å². The Bertz CT molecular complexity index is 788. The van der Waals surface area contributed by atoms with Crippen LogP contribution in [-0.4, -0.2) is 24.8 Å². The van der Waals surface area contributed by atoms with Crippen LogP contribution in [0.5, 0.6) is 5.75 Å². The molecule has 1 aliphatic heterocycles. The first-order chi connectivity index (χ1) is 11.6. The fourth-order valence-corrected chi connectivity index (χ4v) is 2.87. The summed E-state index contributed by atoms with van der Waals surface area (Å²) in [5, 5.41) is 7.42. The quantitative estimate of drug-likeness (QED) is 0.886. The number of nitrogens with one attached hydrogen (secondary N) is 1. The van der Waals surface area contributed by atoms with E-state index in [1.165, 1.54) is 0 Å². The van der Waals surface area contributed by atoms with Gasteiger partial charge in [-0.2, -0.15) is 0 Å². The van der Waals surface area contributed by atoms with Gasteiger partial charge in [0.1, 0.15) is 5.75 Å². The lowest BCUT2D eigenvalue weighted by Gasteiger charge is -2.12. The number of methoxy groups -OCH3 is 1. The van der Waals surface area contributed by atoms with E-state index < -0.39 is 6.10 Å². The molecule has 0 unspecified atom stereocenters. The predicted molar refractivity (Wildman–Crippen MR) is 94.1 cm³/mol. The molecular weight excluding hydrogens is 351 g/mol. The molecule has 1 amide bonds. The maximum Gasteiger partial charge on any atom is 0.268 e. The van der Waals surface area contributed by atoms with Crippen molar-refractivity contribution in [3.8, 4) is 5.75 Å². The number of anilines is 1. The van der Waals surface area contributed by atoms with E-state index in [-0.39, 0.29) is 5.91 Å². The maximum absolute atomic E-state index is 12.4. The number of para-hydroxylation sites is 2. The number of carbonyl (C=O) groups is 1. The molecule has 3 rings (SSSR count). The summed E-state index contributed by atoms with van der Waals surface area (Å²) in [5.74, 6) is 0.314. The largest absolute Gasteiger partial charge is 0.496 e. The highest BCUT2D eigenvalue weighted by atomic mass is 35.5. The molecule has 0 spiro atoms. The van der Waals surface area contributed by atoms with Crippen molar-refractivity contribution in [2.75, 3.05) is 12.4 Å². The molecule has 0 saturated heterocycles. The van der Waals surface area contributed by atoms with Gasteiger partial charge in [-0.1, -0.05) is 46.6 Å². The summed E-state index contributed by atoms with van der Waals surface area (Å²) in [6.07, 6.45) is -0.425. The molecule has 2 aromatic rings. The molecule has 124 valence electrons. The van der Waals surface area contributed by atoms with E-state index in [1.807, 2.05) is 24.3 Å². The van der Waals surface area contributed by atoms with E-state index in [1.54, 1.807) is 25.3 Å². The van der Waals surface area contributed by atoms with Gasteiger partial charge in [-0.15, -0.1) is 0 Å². The van der Waals surface area contributed by atoms with Crippen molar-refractivity contribution in [2.24, 2.45) is 5.16 Å². The molecule has 0 radical (unpaired) electrons. The highest BCUT2D eigenvalue weighted by molar-refractivity contribution is 6.39. The van der Waals surface area contributed by atoms with Crippen LogP contribution in [0.3, 0.4) is 0 Å². The molecule has 0 bridgehead atoms. The van der Waals surface area contributed by atoms with Gasteiger partial charge in [0.25, 0.3) is 5.91 Å². The molecule has 0 aliphatic carbocycles. The fraction of sp³-hybridized carbons (Fsp3) is 0.176. The van der Waals surface area contributed by atoms with Crippen molar-refractivity contribution in [3.05, 3.63) is 58.1 Å². The number of amides is 1. The highest BCUT2D eigenvalue weighted by Gasteiger charge is 2.30. The van der Waals surface area contributed by atoms with Gasteiger partial charge in [0, 0.05) is 12.0 Å². The summed E-state index contributed by atoms with van der Waals surface area (Å²) in [5.41, 5.74) is 1.81. The maximum atomic E-state index is 12.4. The molecule has 1 heterocycles. The summed E-state index contributed by atoms with van der Waals surface area (Å²) < 4.78 is 5.31. The van der Waals surface area contributed by atoms with Gasteiger partial charge in [0.05, 0.1) is 28.6 Å². The van der Waals surface area contributed by atoms with Crippen LogP contribution < -0.4 is 10.1 Å². The zero-order valence-electron chi connectivity index (χ0n) is 12.8. The molecule has 0 fully saturated rings. The van der Waals surface area contributed by atoms with E-state index >= 15 is 0 Å². The normalized spacial score (nSPS) is 16.3. The molecule has 1 N–H and O–H groups in total. The second-order valence-electron chi connectivity index (χ2n) is 5.12. The van der Waals surface area contributed by atoms with Crippen LogP contribution in [0.25, 0.3) is 0 Å². The summed E-state index contributed by atoms with van der Waals surface area (Å²) in [7, 11) is 1.58. The van der Waals surface area contributed by atoms with Crippen LogP contribution in [0.15, 0.2) is 47.6 Å². The lowest BCUT2D eigenvalue weighted by Crippen LogP contribution is -2.28. The van der Waals surface area contributed by atoms with Crippen LogP contribution >= 0.6 is 23.2 Å². The molecular formula is C17H14Cl2N2O3. The SMILES string of the molecule is COc1ccccc1C1=NO[C@@H](C(=O)Nc2c(Cl)cccc2Cl)C1. The molecule has 0 saturated carbocycles. The third kappa shape index (κ3) is 3.32. The van der Waals surface area contributed by atoms with E-state index in [2.05, 4.69) is 10.5 Å². The van der Waals surface area contributed by atoms with E-state index in [9.17, 15) is 4.79 Å². The van der Waals surface area contributed by atoms with E-state index in [0.29, 0.717) is 33.6 Å². The monoisotopic (exact) mass is 364 g/mol. The van der Waals surface area contributed by atoms with Crippen molar-refractivity contribution >= 4 is 40.5 Å². The number of halogens is 2. The zero-order valence-corrected chi connectivity index (χ0v) is 14.3. The second kappa shape index (κ2) is 7.11. The van der Waals surface area contributed by atoms with Gasteiger partial charge < -0.3 is 14.9 Å². The van der Waals surface area contributed by atoms with Gasteiger partial charge in [-0.3, -0.25) is 4.79 Å². The minimum absolute atomic E-state index is 0.328. The van der Waals surface area contributed by atoms with Crippen molar-refractivity contribution in [2.45, 2.75) is 12.5 Å². The zero-order chi connectivity index (χ0) is 17.1. The van der Waals surface area contributed by atoms with Crippen molar-refractivity contribution in [1.82, 2.24) is 0 Å². The summed E-state index contributed by atoms with van der Waals surface area (Å²) in [6, 6.07) is 12.4. The Hall–Kier alpha value is -2.24. The van der Waals surface area contributed by atoms with Gasteiger partial charge in [-0.05, 0) is 24.3 Å². The Labute approximate surface area is 149 Å². The van der Waals surface area contributed by atoms with Crippen LogP contribution in [0.1, 0.15) is 12.0 Å².